The lowest BCUT2D eigenvalue weighted by molar-refractivity contribution is 0.182. The first kappa shape index (κ1) is 21.1. The van der Waals surface area contributed by atoms with E-state index in [1.54, 1.807) is 36.0 Å². The Labute approximate surface area is 188 Å². The van der Waals surface area contributed by atoms with Gasteiger partial charge >= 0.3 is 0 Å². The third-order valence-corrected chi connectivity index (χ3v) is 7.18. The van der Waals surface area contributed by atoms with E-state index in [1.165, 1.54) is 0 Å². The molecule has 3 heterocycles. The molecule has 1 aromatic carbocycles. The molecule has 0 bridgehead atoms. The number of rotatable bonds is 8. The highest BCUT2D eigenvalue weighted by Gasteiger charge is 2.20. The molecule has 30 heavy (non-hydrogen) atoms. The molecular formula is C21H22ClN5OS2. The number of hydrogen-bond acceptors (Lipinski definition) is 8. The molecule has 2 N–H and O–H groups in total. The molecule has 0 spiro atoms. The zero-order chi connectivity index (χ0) is 21.1. The molecule has 9 heteroatoms. The monoisotopic (exact) mass is 459 g/mol. The van der Waals surface area contributed by atoms with Gasteiger partial charge in [-0.25, -0.2) is 9.97 Å². The Kier molecular flexibility index (Phi) is 6.60. The van der Waals surface area contributed by atoms with Crippen LogP contribution in [0.2, 0.25) is 5.02 Å². The van der Waals surface area contributed by atoms with Crippen LogP contribution in [-0.2, 0) is 17.8 Å². The van der Waals surface area contributed by atoms with Gasteiger partial charge < -0.3 is 15.4 Å². The van der Waals surface area contributed by atoms with Crippen LogP contribution in [0.15, 0.2) is 42.7 Å². The van der Waals surface area contributed by atoms with E-state index in [0.717, 1.165) is 47.9 Å². The number of halogens is 1. The maximum Gasteiger partial charge on any atom is 0.186 e. The first-order valence-electron chi connectivity index (χ1n) is 9.44. The van der Waals surface area contributed by atoms with E-state index < -0.39 is 0 Å². The highest BCUT2D eigenvalue weighted by Crippen LogP contribution is 2.38. The lowest BCUT2D eigenvalue weighted by atomic mass is 10.1. The maximum absolute atomic E-state index is 6.41. The molecule has 3 aromatic heterocycles. The molecule has 156 valence electrons. The van der Waals surface area contributed by atoms with Crippen molar-refractivity contribution in [2.24, 2.45) is 5.73 Å². The third-order valence-electron chi connectivity index (χ3n) is 4.57. The van der Waals surface area contributed by atoms with E-state index in [-0.39, 0.29) is 6.04 Å². The number of pyridine rings is 1. The average molecular weight is 460 g/mol. The van der Waals surface area contributed by atoms with Crippen molar-refractivity contribution >= 4 is 49.6 Å². The topological polar surface area (TPSA) is 77.2 Å². The van der Waals surface area contributed by atoms with Crippen LogP contribution in [0.1, 0.15) is 11.3 Å². The minimum absolute atomic E-state index is 0.0415. The van der Waals surface area contributed by atoms with Gasteiger partial charge in [0.25, 0.3) is 0 Å². The second-order valence-corrected chi connectivity index (χ2v) is 9.49. The molecule has 0 aliphatic carbocycles. The Morgan fingerprint density at radius 1 is 1.23 bits per heavy atom. The first-order chi connectivity index (χ1) is 14.5. The number of likely N-dealkylation sites (N-methyl/N-ethyl adjacent to an activating group) is 1. The van der Waals surface area contributed by atoms with Gasteiger partial charge in [-0.3, -0.25) is 4.98 Å². The number of hydrogen-bond donors (Lipinski definition) is 1. The van der Waals surface area contributed by atoms with E-state index in [4.69, 9.17) is 32.0 Å². The van der Waals surface area contributed by atoms with Crippen molar-refractivity contribution in [2.45, 2.75) is 19.1 Å². The van der Waals surface area contributed by atoms with Gasteiger partial charge in [0.05, 0.1) is 27.4 Å². The molecule has 0 unspecified atom stereocenters. The summed E-state index contributed by atoms with van der Waals surface area (Å²) in [5, 5.41) is 2.56. The predicted molar refractivity (Wildman–Crippen MR) is 126 cm³/mol. The number of fused-ring (bicyclic) bond motifs is 1. The standard InChI is InChI=1S/C21H22ClN5OS2/c1-27(11-15(23)9-13-4-3-5-14(22)8-13)21-26-17(12-28-2)19(30-21)20-25-16-6-7-24-10-18(16)29-20/h3-8,10,15H,9,11-12,23H2,1-2H3/t15-/m0/s1. The number of anilines is 1. The van der Waals surface area contributed by atoms with Crippen LogP contribution in [0.3, 0.4) is 0 Å². The van der Waals surface area contributed by atoms with Gasteiger partial charge in [-0.2, -0.15) is 0 Å². The lowest BCUT2D eigenvalue weighted by Gasteiger charge is -2.21. The number of nitrogens with two attached hydrogens (primary N) is 1. The van der Waals surface area contributed by atoms with Crippen LogP contribution in [-0.4, -0.2) is 41.7 Å². The molecule has 6 nitrogen and oxygen atoms in total. The highest BCUT2D eigenvalue weighted by atomic mass is 35.5. The molecule has 0 fully saturated rings. The lowest BCUT2D eigenvalue weighted by Crippen LogP contribution is -2.36. The molecular weight excluding hydrogens is 438 g/mol. The number of ether oxygens (including phenoxy) is 1. The molecule has 1 atom stereocenters. The zero-order valence-electron chi connectivity index (χ0n) is 16.7. The van der Waals surface area contributed by atoms with Gasteiger partial charge in [0.15, 0.2) is 5.13 Å². The van der Waals surface area contributed by atoms with Gasteiger partial charge in [0.2, 0.25) is 0 Å². The average Bonchev–Trinajstić information content (AvgIpc) is 3.32. The molecule has 0 radical (unpaired) electrons. The van der Waals surface area contributed by atoms with Crippen LogP contribution < -0.4 is 10.6 Å². The maximum atomic E-state index is 6.41. The fraction of sp³-hybridized carbons (Fsp3) is 0.286. The third kappa shape index (κ3) is 4.79. The Morgan fingerprint density at radius 2 is 2.10 bits per heavy atom. The Bertz CT molecular complexity index is 1110. The second-order valence-electron chi connectivity index (χ2n) is 7.04. The Morgan fingerprint density at radius 3 is 2.87 bits per heavy atom. The van der Waals surface area contributed by atoms with E-state index in [2.05, 4.69) is 9.88 Å². The summed E-state index contributed by atoms with van der Waals surface area (Å²) in [6.07, 6.45) is 4.35. The van der Waals surface area contributed by atoms with Crippen molar-refractivity contribution in [2.75, 3.05) is 25.6 Å². The van der Waals surface area contributed by atoms with Crippen LogP contribution >= 0.6 is 34.3 Å². The minimum Gasteiger partial charge on any atom is -0.378 e. The number of aromatic nitrogens is 3. The largest absolute Gasteiger partial charge is 0.378 e. The van der Waals surface area contributed by atoms with Crippen molar-refractivity contribution in [3.05, 3.63) is 59.0 Å². The smallest absolute Gasteiger partial charge is 0.186 e. The summed E-state index contributed by atoms with van der Waals surface area (Å²) in [6.45, 7) is 1.11. The zero-order valence-corrected chi connectivity index (χ0v) is 19.1. The van der Waals surface area contributed by atoms with E-state index in [1.807, 2.05) is 43.6 Å². The van der Waals surface area contributed by atoms with Crippen LogP contribution in [0, 0.1) is 0 Å². The molecule has 0 saturated heterocycles. The SMILES string of the molecule is COCc1nc(N(C)C[C@@H](N)Cc2cccc(Cl)c2)sc1-c1nc2ccncc2s1. The van der Waals surface area contributed by atoms with Gasteiger partial charge in [0.1, 0.15) is 5.01 Å². The number of nitrogens with zero attached hydrogens (tertiary/aromatic N) is 4. The quantitative estimate of drug-likeness (QED) is 0.414. The molecule has 0 aliphatic rings. The predicted octanol–water partition coefficient (Wildman–Crippen LogP) is 4.62. The van der Waals surface area contributed by atoms with Crippen molar-refractivity contribution in [1.29, 1.82) is 0 Å². The van der Waals surface area contributed by atoms with Gasteiger partial charge in [-0.1, -0.05) is 35.1 Å². The van der Waals surface area contributed by atoms with Crippen molar-refractivity contribution in [3.8, 4) is 9.88 Å². The summed E-state index contributed by atoms with van der Waals surface area (Å²) in [4.78, 5) is 16.9. The molecule has 0 aliphatic heterocycles. The van der Waals surface area contributed by atoms with Gasteiger partial charge in [0, 0.05) is 44.2 Å². The minimum atomic E-state index is -0.0415. The van der Waals surface area contributed by atoms with E-state index >= 15 is 0 Å². The molecule has 0 saturated carbocycles. The van der Waals surface area contributed by atoms with Crippen molar-refractivity contribution in [1.82, 2.24) is 15.0 Å². The van der Waals surface area contributed by atoms with E-state index in [9.17, 15) is 0 Å². The molecule has 4 rings (SSSR count). The number of benzene rings is 1. The fourth-order valence-corrected chi connectivity index (χ4v) is 5.52. The van der Waals surface area contributed by atoms with Crippen LogP contribution in [0.4, 0.5) is 5.13 Å². The normalized spacial score (nSPS) is 12.4. The first-order valence-corrected chi connectivity index (χ1v) is 11.5. The molecule has 4 aromatic rings. The van der Waals surface area contributed by atoms with Crippen LogP contribution in [0.25, 0.3) is 20.1 Å². The summed E-state index contributed by atoms with van der Waals surface area (Å²) in [6, 6.07) is 9.71. The van der Waals surface area contributed by atoms with Crippen LogP contribution in [0.5, 0.6) is 0 Å². The second kappa shape index (κ2) is 9.36. The summed E-state index contributed by atoms with van der Waals surface area (Å²) in [5.41, 5.74) is 9.37. The summed E-state index contributed by atoms with van der Waals surface area (Å²) >= 11 is 9.32. The number of methoxy groups -OCH3 is 1. The van der Waals surface area contributed by atoms with Crippen molar-refractivity contribution < 1.29 is 4.74 Å². The van der Waals surface area contributed by atoms with Gasteiger partial charge in [-0.05, 0) is 30.2 Å². The Hall–Kier alpha value is -2.10. The van der Waals surface area contributed by atoms with E-state index in [0.29, 0.717) is 13.2 Å². The Balaban J connectivity index is 1.54. The summed E-state index contributed by atoms with van der Waals surface area (Å²) < 4.78 is 6.44. The van der Waals surface area contributed by atoms with Gasteiger partial charge in [-0.15, -0.1) is 11.3 Å². The van der Waals surface area contributed by atoms with Crippen molar-refractivity contribution in [3.63, 3.8) is 0 Å². The number of thiazole rings is 2. The fourth-order valence-electron chi connectivity index (χ4n) is 3.24. The summed E-state index contributed by atoms with van der Waals surface area (Å²) in [5.74, 6) is 0. The summed E-state index contributed by atoms with van der Waals surface area (Å²) in [7, 11) is 3.69. The molecule has 0 amide bonds. The highest BCUT2D eigenvalue weighted by molar-refractivity contribution is 7.26.